The van der Waals surface area contributed by atoms with Crippen LogP contribution in [0, 0.1) is 5.41 Å². The first-order valence-corrected chi connectivity index (χ1v) is 14.6. The Morgan fingerprint density at radius 1 is 0.951 bits per heavy atom. The molecule has 2 aromatic carbocycles. The normalized spacial score (nSPS) is 23.3. The van der Waals surface area contributed by atoms with Crippen LogP contribution in [0.5, 0.6) is 11.5 Å². The van der Waals surface area contributed by atoms with Gasteiger partial charge in [0.2, 0.25) is 12.0 Å². The molecule has 9 nitrogen and oxygen atoms in total. The number of carbonyl (C=O) groups excluding carboxylic acids is 3. The third-order valence-electron chi connectivity index (χ3n) is 8.55. The molecule has 1 aliphatic carbocycles. The van der Waals surface area contributed by atoms with Crippen LogP contribution in [0.15, 0.2) is 59.8 Å². The van der Waals surface area contributed by atoms with Crippen molar-refractivity contribution in [2.75, 3.05) is 49.5 Å². The van der Waals surface area contributed by atoms with E-state index in [0.717, 1.165) is 29.1 Å². The number of rotatable bonds is 4. The van der Waals surface area contributed by atoms with Gasteiger partial charge in [-0.25, -0.2) is 0 Å². The Kier molecular flexibility index (Phi) is 7.13. The third kappa shape index (κ3) is 5.25. The van der Waals surface area contributed by atoms with Crippen LogP contribution >= 0.6 is 0 Å². The molecule has 2 unspecified atom stereocenters. The van der Waals surface area contributed by atoms with Gasteiger partial charge in [-0.15, -0.1) is 0 Å². The van der Waals surface area contributed by atoms with E-state index >= 15 is 0 Å². The number of fused-ring (bicyclic) bond motifs is 2. The van der Waals surface area contributed by atoms with Gasteiger partial charge in [0.25, 0.3) is 5.91 Å². The summed E-state index contributed by atoms with van der Waals surface area (Å²) in [7, 11) is 0. The number of hydrogen-bond acceptors (Lipinski definition) is 7. The molecule has 0 aromatic heterocycles. The molecule has 3 heterocycles. The summed E-state index contributed by atoms with van der Waals surface area (Å²) in [5, 5.41) is 3.58. The first-order valence-electron chi connectivity index (χ1n) is 14.6. The van der Waals surface area contributed by atoms with Crippen molar-refractivity contribution in [1.29, 1.82) is 0 Å². The van der Waals surface area contributed by atoms with Crippen LogP contribution in [0.4, 0.5) is 11.4 Å². The highest BCUT2D eigenvalue weighted by Crippen LogP contribution is 2.44. The van der Waals surface area contributed by atoms with Crippen LogP contribution in [-0.2, 0) is 14.4 Å². The average molecular weight is 559 g/mol. The number of anilines is 2. The predicted octanol–water partition coefficient (Wildman–Crippen LogP) is 3.85. The van der Waals surface area contributed by atoms with Crippen molar-refractivity contribution in [2.24, 2.45) is 5.41 Å². The molecule has 0 spiro atoms. The maximum atomic E-state index is 13.7. The number of piperazine rings is 1. The average Bonchev–Trinajstić information content (AvgIpc) is 3.10. The van der Waals surface area contributed by atoms with Crippen LogP contribution in [-0.4, -0.2) is 78.9 Å². The lowest BCUT2D eigenvalue weighted by atomic mass is 9.74. The number of hydrogen-bond donors (Lipinski definition) is 1. The third-order valence-corrected chi connectivity index (χ3v) is 8.55. The second kappa shape index (κ2) is 10.8. The molecule has 0 radical (unpaired) electrons. The van der Waals surface area contributed by atoms with Crippen molar-refractivity contribution < 1.29 is 23.9 Å². The molecule has 9 heteroatoms. The lowest BCUT2D eigenvalue weighted by molar-refractivity contribution is -0.145. The van der Waals surface area contributed by atoms with Crippen molar-refractivity contribution in [3.8, 4) is 11.5 Å². The van der Waals surface area contributed by atoms with Gasteiger partial charge in [-0.2, -0.15) is 0 Å². The van der Waals surface area contributed by atoms with E-state index in [-0.39, 0.29) is 42.2 Å². The Hall–Kier alpha value is -4.01. The largest absolute Gasteiger partial charge is 0.485 e. The van der Waals surface area contributed by atoms with Gasteiger partial charge in [-0.3, -0.25) is 14.4 Å². The number of allylic oxidation sites excluding steroid dienone is 1. The number of ether oxygens (including phenoxy) is 2. The second-order valence-corrected chi connectivity index (χ2v) is 12.1. The van der Waals surface area contributed by atoms with Crippen LogP contribution in [0.2, 0.25) is 0 Å². The number of benzene rings is 2. The molecule has 6 rings (SSSR count). The molecule has 3 aliphatic heterocycles. The molecule has 0 saturated carbocycles. The number of ketones is 1. The Labute approximate surface area is 241 Å². The van der Waals surface area contributed by atoms with Gasteiger partial charge >= 0.3 is 0 Å². The SMILES string of the molecule is CCC1C2=C(CC(C)(C)CC2=O)Nc2ccccc2N1CC(=O)N1CCN(C(=O)C2COc3ccccc3O2)CC1. The summed E-state index contributed by atoms with van der Waals surface area (Å²) in [6.07, 6.45) is 1.31. The highest BCUT2D eigenvalue weighted by molar-refractivity contribution is 6.01. The second-order valence-electron chi connectivity index (χ2n) is 12.1. The quantitative estimate of drug-likeness (QED) is 0.610. The van der Waals surface area contributed by atoms with Gasteiger partial charge in [-0.05, 0) is 42.5 Å². The standard InChI is InChI=1S/C32H38N4O5/c1-4-23-30-22(17-32(2,3)18-25(30)37)33-21-9-5-6-10-24(21)36(23)19-29(38)34-13-15-35(16-14-34)31(39)28-20-40-26-11-7-8-12-27(26)41-28/h5-12,23,28,33H,4,13-20H2,1-3H3. The van der Waals surface area contributed by atoms with E-state index in [1.54, 1.807) is 11.0 Å². The molecule has 1 saturated heterocycles. The van der Waals surface area contributed by atoms with Gasteiger partial charge in [0.15, 0.2) is 17.3 Å². The lowest BCUT2D eigenvalue weighted by Gasteiger charge is -2.40. The summed E-state index contributed by atoms with van der Waals surface area (Å²) in [5.41, 5.74) is 3.51. The minimum absolute atomic E-state index is 0.0100. The van der Waals surface area contributed by atoms with Crippen LogP contribution in [0.3, 0.4) is 0 Å². The Bertz CT molecular complexity index is 1390. The molecular formula is C32H38N4O5. The van der Waals surface area contributed by atoms with E-state index in [1.807, 2.05) is 47.4 Å². The number of para-hydroxylation sites is 4. The minimum Gasteiger partial charge on any atom is -0.485 e. The van der Waals surface area contributed by atoms with E-state index in [1.165, 1.54) is 0 Å². The maximum absolute atomic E-state index is 13.7. The fourth-order valence-electron chi connectivity index (χ4n) is 6.54. The number of carbonyl (C=O) groups is 3. The van der Waals surface area contributed by atoms with Crippen molar-refractivity contribution in [3.63, 3.8) is 0 Å². The zero-order valence-corrected chi connectivity index (χ0v) is 24.0. The van der Waals surface area contributed by atoms with Gasteiger partial charge in [-0.1, -0.05) is 45.0 Å². The molecule has 216 valence electrons. The summed E-state index contributed by atoms with van der Waals surface area (Å²) < 4.78 is 11.6. The molecule has 2 atom stereocenters. The zero-order chi connectivity index (χ0) is 28.7. The first kappa shape index (κ1) is 27.2. The fourth-order valence-corrected chi connectivity index (χ4v) is 6.54. The molecule has 41 heavy (non-hydrogen) atoms. The highest BCUT2D eigenvalue weighted by atomic mass is 16.6. The van der Waals surface area contributed by atoms with E-state index in [4.69, 9.17) is 9.47 Å². The van der Waals surface area contributed by atoms with Crippen molar-refractivity contribution in [2.45, 2.75) is 52.2 Å². The van der Waals surface area contributed by atoms with Crippen LogP contribution in [0.25, 0.3) is 0 Å². The highest BCUT2D eigenvalue weighted by Gasteiger charge is 2.41. The molecule has 1 N–H and O–H groups in total. The van der Waals surface area contributed by atoms with Gasteiger partial charge in [0.1, 0.15) is 6.61 Å². The molecule has 1 fully saturated rings. The smallest absolute Gasteiger partial charge is 0.267 e. The van der Waals surface area contributed by atoms with Gasteiger partial charge in [0.05, 0.1) is 24.0 Å². The lowest BCUT2D eigenvalue weighted by Crippen LogP contribution is -2.56. The van der Waals surface area contributed by atoms with Crippen molar-refractivity contribution >= 4 is 29.0 Å². The Morgan fingerprint density at radius 2 is 1.63 bits per heavy atom. The fraction of sp³-hybridized carbons (Fsp3) is 0.469. The number of nitrogens with one attached hydrogen (secondary N) is 1. The summed E-state index contributed by atoms with van der Waals surface area (Å²) in [5.74, 6) is 1.24. The van der Waals surface area contributed by atoms with Gasteiger partial charge in [0, 0.05) is 43.9 Å². The summed E-state index contributed by atoms with van der Waals surface area (Å²) in [6.45, 7) is 8.43. The summed E-state index contributed by atoms with van der Waals surface area (Å²) in [6, 6.07) is 15.1. The Morgan fingerprint density at radius 3 is 2.39 bits per heavy atom. The van der Waals surface area contributed by atoms with E-state index in [2.05, 4.69) is 31.0 Å². The van der Waals surface area contributed by atoms with E-state index in [0.29, 0.717) is 50.5 Å². The van der Waals surface area contributed by atoms with Gasteiger partial charge < -0.3 is 29.5 Å². The number of amides is 2. The van der Waals surface area contributed by atoms with E-state index < -0.39 is 6.10 Å². The van der Waals surface area contributed by atoms with Crippen LogP contribution < -0.4 is 19.7 Å². The molecule has 2 amide bonds. The first-order chi connectivity index (χ1) is 19.7. The number of nitrogens with zero attached hydrogens (tertiary/aromatic N) is 3. The topological polar surface area (TPSA) is 91.4 Å². The predicted molar refractivity (Wildman–Crippen MR) is 156 cm³/mol. The monoisotopic (exact) mass is 558 g/mol. The maximum Gasteiger partial charge on any atom is 0.267 e. The number of Topliss-reactive ketones (excluding diaryl/α,β-unsaturated/α-hetero) is 1. The minimum atomic E-state index is -0.695. The zero-order valence-electron chi connectivity index (χ0n) is 24.0. The van der Waals surface area contributed by atoms with Crippen molar-refractivity contribution in [3.05, 3.63) is 59.8 Å². The van der Waals surface area contributed by atoms with E-state index in [9.17, 15) is 14.4 Å². The molecule has 4 aliphatic rings. The molecular weight excluding hydrogens is 520 g/mol. The van der Waals surface area contributed by atoms with Crippen molar-refractivity contribution in [1.82, 2.24) is 9.80 Å². The molecule has 2 aromatic rings. The molecule has 0 bridgehead atoms. The Balaban J connectivity index is 1.15. The summed E-state index contributed by atoms with van der Waals surface area (Å²) >= 11 is 0. The summed E-state index contributed by atoms with van der Waals surface area (Å²) in [4.78, 5) is 46.1. The van der Waals surface area contributed by atoms with Crippen LogP contribution in [0.1, 0.15) is 40.0 Å².